The average molecular weight is 452 g/mol. The number of carbonyl (C=O) groups excluding carboxylic acids is 1. The summed E-state index contributed by atoms with van der Waals surface area (Å²) in [6, 6.07) is 19.1. The summed E-state index contributed by atoms with van der Waals surface area (Å²) in [4.78, 5) is 13.4. The van der Waals surface area contributed by atoms with Crippen molar-refractivity contribution in [1.29, 1.82) is 0 Å². The van der Waals surface area contributed by atoms with E-state index in [2.05, 4.69) is 88.4 Å². The van der Waals surface area contributed by atoms with Crippen LogP contribution in [0.5, 0.6) is 0 Å². The molecule has 0 bridgehead atoms. The van der Waals surface area contributed by atoms with E-state index < -0.39 is 0 Å². The third-order valence-corrected chi connectivity index (χ3v) is 6.97. The van der Waals surface area contributed by atoms with Gasteiger partial charge in [0.15, 0.2) is 5.78 Å². The van der Waals surface area contributed by atoms with Gasteiger partial charge in [0.05, 0.1) is 12.2 Å². The normalized spacial score (nSPS) is 30.5. The molecule has 5 rings (SSSR count). The highest BCUT2D eigenvalue weighted by molar-refractivity contribution is 9.10. The summed E-state index contributed by atoms with van der Waals surface area (Å²) in [6.07, 6.45) is 1.58. The molecule has 150 valence electrons. The highest BCUT2D eigenvalue weighted by Gasteiger charge is 2.51. The Balaban J connectivity index is 1.66. The fraction of sp³-hybridized carbons (Fsp3) is 0.375. The van der Waals surface area contributed by atoms with Crippen LogP contribution in [0.2, 0.25) is 0 Å². The van der Waals surface area contributed by atoms with Crippen LogP contribution in [0.25, 0.3) is 0 Å². The molecule has 5 heteroatoms. The fourth-order valence-electron chi connectivity index (χ4n) is 5.34. The minimum absolute atomic E-state index is 0.0115. The number of hydrogen-bond acceptors (Lipinski definition) is 4. The molecule has 2 aliphatic heterocycles. The quantitative estimate of drug-likeness (QED) is 0.625. The van der Waals surface area contributed by atoms with Gasteiger partial charge in [-0.1, -0.05) is 72.2 Å². The van der Waals surface area contributed by atoms with Crippen LogP contribution in [0.4, 0.5) is 0 Å². The fourth-order valence-corrected chi connectivity index (χ4v) is 5.76. The molecule has 0 spiro atoms. The maximum Gasteiger partial charge on any atom is 0.161 e. The first-order chi connectivity index (χ1) is 13.9. The molecule has 2 aromatic carbocycles. The molecule has 0 aromatic heterocycles. The predicted molar refractivity (Wildman–Crippen MR) is 118 cm³/mol. The molecule has 2 aromatic rings. The number of hydrogen-bond donors (Lipinski definition) is 3. The van der Waals surface area contributed by atoms with Gasteiger partial charge < -0.3 is 5.32 Å². The molecule has 29 heavy (non-hydrogen) atoms. The zero-order valence-corrected chi connectivity index (χ0v) is 18.3. The lowest BCUT2D eigenvalue weighted by atomic mass is 9.65. The smallest absolute Gasteiger partial charge is 0.161 e. The van der Waals surface area contributed by atoms with E-state index in [-0.39, 0.29) is 35.2 Å². The topological polar surface area (TPSA) is 53.2 Å². The van der Waals surface area contributed by atoms with Gasteiger partial charge in [-0.2, -0.15) is 0 Å². The van der Waals surface area contributed by atoms with Gasteiger partial charge in [0, 0.05) is 34.0 Å². The molecule has 1 saturated heterocycles. The number of fused-ring (bicyclic) bond motifs is 1. The molecular formula is C24H26BrN3O. The number of ketones is 1. The van der Waals surface area contributed by atoms with Crippen LogP contribution in [0, 0.1) is 11.3 Å². The summed E-state index contributed by atoms with van der Waals surface area (Å²) in [7, 11) is 0. The molecule has 0 amide bonds. The Morgan fingerprint density at radius 1 is 0.966 bits per heavy atom. The molecule has 2 heterocycles. The van der Waals surface area contributed by atoms with E-state index in [9.17, 15) is 4.79 Å². The summed E-state index contributed by atoms with van der Waals surface area (Å²) in [6.45, 7) is 4.37. The van der Waals surface area contributed by atoms with Gasteiger partial charge in [0.25, 0.3) is 0 Å². The first-order valence-electron chi connectivity index (χ1n) is 10.3. The van der Waals surface area contributed by atoms with Crippen molar-refractivity contribution < 1.29 is 4.79 Å². The van der Waals surface area contributed by atoms with Crippen LogP contribution < -0.4 is 16.2 Å². The summed E-state index contributed by atoms with van der Waals surface area (Å²) < 4.78 is 1.05. The van der Waals surface area contributed by atoms with Gasteiger partial charge in [-0.15, -0.1) is 0 Å². The Labute approximate surface area is 180 Å². The highest BCUT2D eigenvalue weighted by Crippen LogP contribution is 2.51. The van der Waals surface area contributed by atoms with Crippen molar-refractivity contribution in [3.05, 3.63) is 81.5 Å². The zero-order valence-electron chi connectivity index (χ0n) is 16.7. The number of carbonyl (C=O) groups is 1. The van der Waals surface area contributed by atoms with Gasteiger partial charge >= 0.3 is 0 Å². The van der Waals surface area contributed by atoms with Gasteiger partial charge in [0.1, 0.15) is 0 Å². The van der Waals surface area contributed by atoms with Crippen molar-refractivity contribution in [3.8, 4) is 0 Å². The lowest BCUT2D eigenvalue weighted by Gasteiger charge is -2.44. The van der Waals surface area contributed by atoms with Gasteiger partial charge in [0.2, 0.25) is 0 Å². The van der Waals surface area contributed by atoms with Crippen LogP contribution in [0.15, 0.2) is 70.3 Å². The first kappa shape index (κ1) is 19.0. The molecule has 1 aliphatic carbocycles. The third-order valence-electron chi connectivity index (χ3n) is 6.48. The molecule has 3 aliphatic rings. The monoisotopic (exact) mass is 451 g/mol. The summed E-state index contributed by atoms with van der Waals surface area (Å²) in [5.74, 6) is 0.520. The van der Waals surface area contributed by atoms with Crippen molar-refractivity contribution in [2.45, 2.75) is 44.8 Å². The van der Waals surface area contributed by atoms with Crippen LogP contribution in [0.3, 0.4) is 0 Å². The van der Waals surface area contributed by atoms with Crippen molar-refractivity contribution in [3.63, 3.8) is 0 Å². The second-order valence-corrected chi connectivity index (χ2v) is 10.2. The van der Waals surface area contributed by atoms with Gasteiger partial charge in [-0.05, 0) is 35.1 Å². The summed E-state index contributed by atoms with van der Waals surface area (Å²) >= 11 is 3.63. The van der Waals surface area contributed by atoms with Crippen LogP contribution in [0.1, 0.15) is 49.8 Å². The Morgan fingerprint density at radius 2 is 1.72 bits per heavy atom. The standard InChI is InChI=1S/C24H26BrN3O/c1-24(2)12-17-20(18(29)13-24)19(15-9-6-10-16(25)11-15)21-22(27-28-23(21)26-17)14-7-4-3-5-8-14/h3-11,19,21-23,26-28H,12-13H2,1-2H3. The van der Waals surface area contributed by atoms with Gasteiger partial charge in [-0.3, -0.25) is 4.79 Å². The Bertz CT molecular complexity index is 985. The SMILES string of the molecule is CC1(C)CC(=O)C2=C(C1)NC1NNC(c3ccccc3)C1C2c1cccc(Br)c1. The zero-order chi connectivity index (χ0) is 20.2. The van der Waals surface area contributed by atoms with Crippen LogP contribution >= 0.6 is 15.9 Å². The molecule has 0 radical (unpaired) electrons. The molecular weight excluding hydrogens is 426 g/mol. The molecule has 4 unspecified atom stereocenters. The third kappa shape index (κ3) is 3.35. The second kappa shape index (κ2) is 7.08. The van der Waals surface area contributed by atoms with Crippen LogP contribution in [-0.4, -0.2) is 11.9 Å². The number of benzene rings is 2. The first-order valence-corrected chi connectivity index (χ1v) is 11.1. The predicted octanol–water partition coefficient (Wildman–Crippen LogP) is 4.57. The van der Waals surface area contributed by atoms with E-state index in [4.69, 9.17) is 0 Å². The number of halogens is 1. The van der Waals surface area contributed by atoms with E-state index in [1.165, 1.54) is 11.1 Å². The Hall–Kier alpha value is -1.95. The maximum atomic E-state index is 13.4. The van der Waals surface area contributed by atoms with E-state index >= 15 is 0 Å². The average Bonchev–Trinajstić information content (AvgIpc) is 3.09. The lowest BCUT2D eigenvalue weighted by Crippen LogP contribution is -2.51. The summed E-state index contributed by atoms with van der Waals surface area (Å²) in [5.41, 5.74) is 11.5. The van der Waals surface area contributed by atoms with E-state index in [0.29, 0.717) is 6.42 Å². The minimum Gasteiger partial charge on any atom is -0.371 e. The Kier molecular flexibility index (Phi) is 4.65. The van der Waals surface area contributed by atoms with Crippen LogP contribution in [-0.2, 0) is 4.79 Å². The largest absolute Gasteiger partial charge is 0.371 e. The van der Waals surface area contributed by atoms with Crippen molar-refractivity contribution in [1.82, 2.24) is 16.2 Å². The number of Topliss-reactive ketones (excluding diaryl/α,β-unsaturated/α-hetero) is 1. The molecule has 4 nitrogen and oxygen atoms in total. The number of rotatable bonds is 2. The van der Waals surface area contributed by atoms with Gasteiger partial charge in [-0.25, -0.2) is 10.9 Å². The molecule has 1 fully saturated rings. The van der Waals surface area contributed by atoms with E-state index in [0.717, 1.165) is 22.2 Å². The number of nitrogens with one attached hydrogen (secondary N) is 3. The highest BCUT2D eigenvalue weighted by atomic mass is 79.9. The second-order valence-electron chi connectivity index (χ2n) is 9.24. The van der Waals surface area contributed by atoms with E-state index in [1.807, 2.05) is 12.1 Å². The number of hydrazine groups is 1. The van der Waals surface area contributed by atoms with Crippen molar-refractivity contribution >= 4 is 21.7 Å². The molecule has 4 atom stereocenters. The van der Waals surface area contributed by atoms with Crippen molar-refractivity contribution in [2.24, 2.45) is 11.3 Å². The van der Waals surface area contributed by atoms with E-state index in [1.54, 1.807) is 0 Å². The minimum atomic E-state index is -0.0115. The number of allylic oxidation sites excluding steroid dienone is 2. The lowest BCUT2D eigenvalue weighted by molar-refractivity contribution is -0.118. The summed E-state index contributed by atoms with van der Waals surface area (Å²) in [5, 5.41) is 3.69. The Morgan fingerprint density at radius 3 is 2.48 bits per heavy atom. The molecule has 3 N–H and O–H groups in total. The molecule has 0 saturated carbocycles. The van der Waals surface area contributed by atoms with Crippen molar-refractivity contribution in [2.75, 3.05) is 0 Å². The maximum absolute atomic E-state index is 13.4.